The maximum absolute atomic E-state index is 13.2. The van der Waals surface area contributed by atoms with Crippen molar-refractivity contribution < 1.29 is 9.13 Å². The van der Waals surface area contributed by atoms with Crippen LogP contribution < -0.4 is 10.5 Å². The minimum Gasteiger partial charge on any atom is -0.487 e. The Morgan fingerprint density at radius 2 is 2.13 bits per heavy atom. The number of aromatic nitrogens is 4. The summed E-state index contributed by atoms with van der Waals surface area (Å²) < 4.78 is 20.4. The molecule has 0 aliphatic heterocycles. The second-order valence-electron chi connectivity index (χ2n) is 4.77. The highest BCUT2D eigenvalue weighted by Crippen LogP contribution is 2.24. The molecule has 0 spiro atoms. The predicted molar refractivity (Wildman–Crippen MR) is 80.9 cm³/mol. The summed E-state index contributed by atoms with van der Waals surface area (Å²) in [7, 11) is 0. The number of hydrogen-bond donors (Lipinski definition) is 2. The Morgan fingerprint density at radius 1 is 1.26 bits per heavy atom. The predicted octanol–water partition coefficient (Wildman–Crippen LogP) is 1.66. The first-order valence-corrected chi connectivity index (χ1v) is 6.72. The molecule has 0 bridgehead atoms. The van der Waals surface area contributed by atoms with E-state index in [1.807, 2.05) is 0 Å². The van der Waals surface area contributed by atoms with Gasteiger partial charge in [-0.2, -0.15) is 4.68 Å². The molecule has 2 aromatic carbocycles. The minimum absolute atomic E-state index is 0.0731. The number of nitrogens with one attached hydrogen (secondary N) is 1. The average molecular weight is 312 g/mol. The van der Waals surface area contributed by atoms with E-state index in [4.69, 9.17) is 15.9 Å². The van der Waals surface area contributed by atoms with Gasteiger partial charge < -0.3 is 10.5 Å². The van der Waals surface area contributed by atoms with Gasteiger partial charge in [-0.15, -0.1) is 5.10 Å². The molecule has 0 amide bonds. The molecule has 0 atom stereocenters. The lowest BCUT2D eigenvalue weighted by Gasteiger charge is -2.12. The van der Waals surface area contributed by atoms with Crippen molar-refractivity contribution in [2.24, 2.45) is 5.73 Å². The second-order valence-corrected chi connectivity index (χ2v) is 4.77. The van der Waals surface area contributed by atoms with Gasteiger partial charge in [0.2, 0.25) is 0 Å². The molecule has 0 saturated heterocycles. The Kier molecular flexibility index (Phi) is 3.96. The quantitative estimate of drug-likeness (QED) is 0.551. The van der Waals surface area contributed by atoms with Gasteiger partial charge in [-0.1, -0.05) is 12.1 Å². The van der Waals surface area contributed by atoms with E-state index in [0.717, 1.165) is 0 Å². The summed E-state index contributed by atoms with van der Waals surface area (Å²) in [5, 5.41) is 18.5. The Balaban J connectivity index is 1.90. The van der Waals surface area contributed by atoms with Crippen LogP contribution in [0.25, 0.3) is 5.69 Å². The van der Waals surface area contributed by atoms with Crippen molar-refractivity contribution in [2.45, 2.75) is 6.61 Å². The van der Waals surface area contributed by atoms with E-state index in [-0.39, 0.29) is 18.3 Å². The van der Waals surface area contributed by atoms with Crippen molar-refractivity contribution in [2.75, 3.05) is 0 Å². The fourth-order valence-corrected chi connectivity index (χ4v) is 2.05. The number of tetrazole rings is 1. The Morgan fingerprint density at radius 3 is 2.83 bits per heavy atom. The number of halogens is 1. The van der Waals surface area contributed by atoms with Crippen molar-refractivity contribution in [1.82, 2.24) is 20.2 Å². The lowest BCUT2D eigenvalue weighted by Crippen LogP contribution is -2.12. The first-order valence-electron chi connectivity index (χ1n) is 6.72. The van der Waals surface area contributed by atoms with Crippen molar-refractivity contribution >= 4 is 5.84 Å². The van der Waals surface area contributed by atoms with Crippen LogP contribution in [-0.4, -0.2) is 26.0 Å². The summed E-state index contributed by atoms with van der Waals surface area (Å²) in [6.07, 6.45) is 1.41. The molecule has 0 aliphatic carbocycles. The fourth-order valence-electron chi connectivity index (χ4n) is 2.05. The van der Waals surface area contributed by atoms with Gasteiger partial charge >= 0.3 is 0 Å². The zero-order valence-electron chi connectivity index (χ0n) is 12.0. The molecule has 1 aromatic heterocycles. The highest BCUT2D eigenvalue weighted by Gasteiger charge is 2.11. The van der Waals surface area contributed by atoms with Crippen LogP contribution in [0.5, 0.6) is 5.75 Å². The molecule has 0 radical (unpaired) electrons. The molecule has 7 nitrogen and oxygen atoms in total. The van der Waals surface area contributed by atoms with Crippen LogP contribution in [0.2, 0.25) is 0 Å². The molecule has 3 N–H and O–H groups in total. The molecule has 23 heavy (non-hydrogen) atoms. The molecule has 8 heteroatoms. The standard InChI is InChI=1S/C15H13FN6O/c16-12-3-1-2-10(6-12)8-23-14-5-4-11(15(17)18)7-13(14)22-9-19-20-21-22/h1-7,9H,8H2,(H3,17,18). The monoisotopic (exact) mass is 312 g/mol. The van der Waals surface area contributed by atoms with Gasteiger partial charge in [-0.25, -0.2) is 4.39 Å². The molecular formula is C15H13FN6O. The third-order valence-corrected chi connectivity index (χ3v) is 3.15. The van der Waals surface area contributed by atoms with E-state index >= 15 is 0 Å². The summed E-state index contributed by atoms with van der Waals surface area (Å²) in [5.41, 5.74) is 7.27. The van der Waals surface area contributed by atoms with Crippen molar-refractivity contribution in [3.63, 3.8) is 0 Å². The van der Waals surface area contributed by atoms with E-state index in [2.05, 4.69) is 15.5 Å². The van der Waals surface area contributed by atoms with E-state index in [1.165, 1.54) is 23.1 Å². The molecule has 0 aliphatic rings. The summed E-state index contributed by atoms with van der Waals surface area (Å²) in [6.45, 7) is 0.187. The summed E-state index contributed by atoms with van der Waals surface area (Å²) in [6, 6.07) is 11.2. The number of nitrogens with zero attached hydrogens (tertiary/aromatic N) is 4. The number of ether oxygens (including phenoxy) is 1. The molecule has 3 rings (SSSR count). The topological polar surface area (TPSA) is 103 Å². The van der Waals surface area contributed by atoms with Crippen LogP contribution in [0.3, 0.4) is 0 Å². The third-order valence-electron chi connectivity index (χ3n) is 3.15. The molecule has 0 saturated carbocycles. The van der Waals surface area contributed by atoms with Gasteiger partial charge in [-0.3, -0.25) is 5.41 Å². The average Bonchev–Trinajstić information content (AvgIpc) is 3.07. The molecule has 3 aromatic rings. The highest BCUT2D eigenvalue weighted by atomic mass is 19.1. The van der Waals surface area contributed by atoms with Crippen LogP contribution >= 0.6 is 0 Å². The number of benzene rings is 2. The Hall–Kier alpha value is -3.29. The maximum Gasteiger partial charge on any atom is 0.145 e. The first-order chi connectivity index (χ1) is 11.1. The SMILES string of the molecule is N=C(N)c1ccc(OCc2cccc(F)c2)c(-n2cnnn2)c1. The van der Waals surface area contributed by atoms with Crippen LogP contribution in [0.15, 0.2) is 48.8 Å². The van der Waals surface area contributed by atoms with Crippen LogP contribution in [0.4, 0.5) is 4.39 Å². The molecular weight excluding hydrogens is 299 g/mol. The molecule has 1 heterocycles. The lowest BCUT2D eigenvalue weighted by molar-refractivity contribution is 0.304. The van der Waals surface area contributed by atoms with Gasteiger partial charge in [0.15, 0.2) is 0 Å². The summed E-state index contributed by atoms with van der Waals surface area (Å²) in [5.74, 6) is 0.0984. The maximum atomic E-state index is 13.2. The highest BCUT2D eigenvalue weighted by molar-refractivity contribution is 5.95. The van der Waals surface area contributed by atoms with Crippen molar-refractivity contribution in [3.8, 4) is 11.4 Å². The summed E-state index contributed by atoms with van der Waals surface area (Å²) in [4.78, 5) is 0. The van der Waals surface area contributed by atoms with Gasteiger partial charge in [0, 0.05) is 5.56 Å². The van der Waals surface area contributed by atoms with E-state index in [1.54, 1.807) is 30.3 Å². The Bertz CT molecular complexity index is 834. The normalized spacial score (nSPS) is 10.5. The van der Waals surface area contributed by atoms with Crippen molar-refractivity contribution in [3.05, 3.63) is 65.7 Å². The number of hydrogen-bond acceptors (Lipinski definition) is 5. The van der Waals surface area contributed by atoms with Gasteiger partial charge in [0.1, 0.15) is 36.0 Å². The van der Waals surface area contributed by atoms with E-state index in [0.29, 0.717) is 22.6 Å². The molecule has 116 valence electrons. The third kappa shape index (κ3) is 3.31. The molecule has 0 fully saturated rings. The number of rotatable bonds is 5. The van der Waals surface area contributed by atoms with Crippen LogP contribution in [-0.2, 0) is 6.61 Å². The van der Waals surface area contributed by atoms with E-state index in [9.17, 15) is 4.39 Å². The largest absolute Gasteiger partial charge is 0.487 e. The zero-order chi connectivity index (χ0) is 16.2. The molecule has 0 unspecified atom stereocenters. The number of amidine groups is 1. The zero-order valence-corrected chi connectivity index (χ0v) is 12.0. The van der Waals surface area contributed by atoms with Gasteiger partial charge in [0.05, 0.1) is 0 Å². The smallest absolute Gasteiger partial charge is 0.145 e. The van der Waals surface area contributed by atoms with E-state index < -0.39 is 0 Å². The Labute approximate surface area is 131 Å². The second kappa shape index (κ2) is 6.22. The van der Waals surface area contributed by atoms with Gasteiger partial charge in [0.25, 0.3) is 0 Å². The lowest BCUT2D eigenvalue weighted by atomic mass is 10.1. The first kappa shape index (κ1) is 14.6. The van der Waals surface area contributed by atoms with Crippen molar-refractivity contribution in [1.29, 1.82) is 5.41 Å². The summed E-state index contributed by atoms with van der Waals surface area (Å²) >= 11 is 0. The minimum atomic E-state index is -0.321. The van der Waals surface area contributed by atoms with Crippen LogP contribution in [0.1, 0.15) is 11.1 Å². The van der Waals surface area contributed by atoms with Crippen LogP contribution in [0, 0.1) is 11.2 Å². The number of nitrogen functional groups attached to an aromatic ring is 1. The number of nitrogens with two attached hydrogens (primary N) is 1. The van der Waals surface area contributed by atoms with Gasteiger partial charge in [-0.05, 0) is 46.3 Å². The fraction of sp³-hybridized carbons (Fsp3) is 0.0667.